The van der Waals surface area contributed by atoms with Crippen LogP contribution in [0.3, 0.4) is 0 Å². The quantitative estimate of drug-likeness (QED) is 0.754. The Balaban J connectivity index is 2.77. The summed E-state index contributed by atoms with van der Waals surface area (Å²) in [6, 6.07) is 8.19. The van der Waals surface area contributed by atoms with Gasteiger partial charge in [-0.05, 0) is 18.9 Å². The van der Waals surface area contributed by atoms with Gasteiger partial charge in [0.15, 0.2) is 0 Å². The molecule has 0 aromatic heterocycles. The van der Waals surface area contributed by atoms with Crippen LogP contribution < -0.4 is 16.0 Å². The summed E-state index contributed by atoms with van der Waals surface area (Å²) in [6.45, 7) is 3.90. The van der Waals surface area contributed by atoms with Crippen LogP contribution in [0.2, 0.25) is 0 Å². The molecule has 1 aromatic rings. The van der Waals surface area contributed by atoms with E-state index in [4.69, 9.17) is 0 Å². The first-order chi connectivity index (χ1) is 9.08. The highest BCUT2D eigenvalue weighted by atomic mass is 16.2. The molecule has 0 bridgehead atoms. The number of amides is 3. The molecule has 0 saturated heterocycles. The van der Waals surface area contributed by atoms with E-state index in [0.29, 0.717) is 0 Å². The molecule has 0 aliphatic heterocycles. The van der Waals surface area contributed by atoms with Crippen LogP contribution in [-0.4, -0.2) is 25.0 Å². The Morgan fingerprint density at radius 1 is 1.16 bits per heavy atom. The first kappa shape index (κ1) is 15.0. The highest BCUT2D eigenvalue weighted by Gasteiger charge is 2.21. The molecule has 104 valence electrons. The van der Waals surface area contributed by atoms with E-state index < -0.39 is 6.04 Å². The highest BCUT2D eigenvalue weighted by molar-refractivity contribution is 5.88. The molecule has 3 amide bonds. The first-order valence-electron chi connectivity index (χ1n) is 6.42. The molecular formula is C14H21N3O2. The molecule has 2 atom stereocenters. The molecule has 3 N–H and O–H groups in total. The number of carbonyl (C=O) groups excluding carboxylic acids is 2. The molecule has 0 aliphatic rings. The Bertz CT molecular complexity index is 420. The minimum absolute atomic E-state index is 0.0705. The lowest BCUT2D eigenvalue weighted by Crippen LogP contribution is -2.46. The van der Waals surface area contributed by atoms with Gasteiger partial charge in [0.2, 0.25) is 5.91 Å². The van der Waals surface area contributed by atoms with Crippen molar-refractivity contribution in [3.8, 4) is 0 Å². The van der Waals surface area contributed by atoms with E-state index in [0.717, 1.165) is 12.0 Å². The van der Waals surface area contributed by atoms with Crippen molar-refractivity contribution in [1.29, 1.82) is 0 Å². The van der Waals surface area contributed by atoms with E-state index in [1.54, 1.807) is 7.05 Å². The zero-order valence-electron chi connectivity index (χ0n) is 11.6. The standard InChI is InChI=1S/C14H21N3O2/c1-4-10(2)16-14(19)17-12(13(18)15-3)11-8-6-5-7-9-11/h5-10,12H,4H2,1-3H3,(H,15,18)(H2,16,17,19). The van der Waals surface area contributed by atoms with Crippen LogP contribution in [0, 0.1) is 0 Å². The maximum absolute atomic E-state index is 11.8. The van der Waals surface area contributed by atoms with Crippen molar-refractivity contribution < 1.29 is 9.59 Å². The Kier molecular flexibility index (Phi) is 5.85. The van der Waals surface area contributed by atoms with Gasteiger partial charge in [-0.1, -0.05) is 37.3 Å². The zero-order chi connectivity index (χ0) is 14.3. The van der Waals surface area contributed by atoms with Crippen LogP contribution in [-0.2, 0) is 4.79 Å². The minimum atomic E-state index is -0.685. The maximum atomic E-state index is 11.8. The lowest BCUT2D eigenvalue weighted by molar-refractivity contribution is -0.122. The smallest absolute Gasteiger partial charge is 0.315 e. The van der Waals surface area contributed by atoms with E-state index >= 15 is 0 Å². The molecule has 5 heteroatoms. The minimum Gasteiger partial charge on any atom is -0.357 e. The molecule has 1 rings (SSSR count). The predicted octanol–water partition coefficient (Wildman–Crippen LogP) is 1.57. The van der Waals surface area contributed by atoms with E-state index in [9.17, 15) is 9.59 Å². The largest absolute Gasteiger partial charge is 0.357 e. The van der Waals surface area contributed by atoms with Crippen LogP contribution in [0.4, 0.5) is 4.79 Å². The van der Waals surface area contributed by atoms with E-state index in [1.165, 1.54) is 0 Å². The fourth-order valence-corrected chi connectivity index (χ4v) is 1.59. The zero-order valence-corrected chi connectivity index (χ0v) is 11.6. The third-order valence-electron chi connectivity index (χ3n) is 2.91. The molecule has 0 radical (unpaired) electrons. The number of benzene rings is 1. The average molecular weight is 263 g/mol. The number of likely N-dealkylation sites (N-methyl/N-ethyl adjacent to an activating group) is 1. The monoisotopic (exact) mass is 263 g/mol. The van der Waals surface area contributed by atoms with Crippen LogP contribution >= 0.6 is 0 Å². The summed E-state index contributed by atoms with van der Waals surface area (Å²) in [4.78, 5) is 23.7. The third kappa shape index (κ3) is 4.62. The normalized spacial score (nSPS) is 13.2. The summed E-state index contributed by atoms with van der Waals surface area (Å²) in [5, 5.41) is 8.02. The molecule has 0 heterocycles. The second-order valence-electron chi connectivity index (χ2n) is 4.39. The Morgan fingerprint density at radius 2 is 1.79 bits per heavy atom. The predicted molar refractivity (Wildman–Crippen MR) is 74.7 cm³/mol. The molecule has 0 fully saturated rings. The number of rotatable bonds is 5. The van der Waals surface area contributed by atoms with Gasteiger partial charge in [0.05, 0.1) is 0 Å². The summed E-state index contributed by atoms with van der Waals surface area (Å²) >= 11 is 0. The van der Waals surface area contributed by atoms with Crippen molar-refractivity contribution >= 4 is 11.9 Å². The van der Waals surface area contributed by atoms with Gasteiger partial charge in [-0.15, -0.1) is 0 Å². The SMILES string of the molecule is CCC(C)NC(=O)NC(C(=O)NC)c1ccccc1. The van der Waals surface area contributed by atoms with Crippen LogP contribution in [0.15, 0.2) is 30.3 Å². The number of carbonyl (C=O) groups is 2. The van der Waals surface area contributed by atoms with Crippen molar-refractivity contribution in [1.82, 2.24) is 16.0 Å². The lowest BCUT2D eigenvalue weighted by Gasteiger charge is -2.19. The first-order valence-corrected chi connectivity index (χ1v) is 6.42. The van der Waals surface area contributed by atoms with Crippen LogP contribution in [0.25, 0.3) is 0 Å². The van der Waals surface area contributed by atoms with Gasteiger partial charge in [0.25, 0.3) is 0 Å². The number of nitrogens with one attached hydrogen (secondary N) is 3. The van der Waals surface area contributed by atoms with E-state index in [2.05, 4.69) is 16.0 Å². The Morgan fingerprint density at radius 3 is 2.32 bits per heavy atom. The summed E-state index contributed by atoms with van der Waals surface area (Å²) < 4.78 is 0. The highest BCUT2D eigenvalue weighted by Crippen LogP contribution is 2.12. The molecular weight excluding hydrogens is 242 g/mol. The molecule has 0 spiro atoms. The molecule has 0 aliphatic carbocycles. The van der Waals surface area contributed by atoms with Crippen molar-refractivity contribution in [3.05, 3.63) is 35.9 Å². The van der Waals surface area contributed by atoms with Crippen molar-refractivity contribution in [2.45, 2.75) is 32.4 Å². The van der Waals surface area contributed by atoms with Gasteiger partial charge < -0.3 is 16.0 Å². The summed E-state index contributed by atoms with van der Waals surface area (Å²) in [5.41, 5.74) is 0.751. The van der Waals surface area contributed by atoms with Crippen LogP contribution in [0.5, 0.6) is 0 Å². The average Bonchev–Trinajstić information content (AvgIpc) is 2.44. The summed E-state index contributed by atoms with van der Waals surface area (Å²) in [7, 11) is 1.55. The second-order valence-corrected chi connectivity index (χ2v) is 4.39. The maximum Gasteiger partial charge on any atom is 0.315 e. The summed E-state index contributed by atoms with van der Waals surface area (Å²) in [6.07, 6.45) is 0.837. The summed E-state index contributed by atoms with van der Waals surface area (Å²) in [5.74, 6) is -0.245. The van der Waals surface area contributed by atoms with E-state index in [-0.39, 0.29) is 18.0 Å². The molecule has 5 nitrogen and oxygen atoms in total. The topological polar surface area (TPSA) is 70.2 Å². The number of hydrogen-bond donors (Lipinski definition) is 3. The lowest BCUT2D eigenvalue weighted by atomic mass is 10.1. The number of hydrogen-bond acceptors (Lipinski definition) is 2. The fourth-order valence-electron chi connectivity index (χ4n) is 1.59. The second kappa shape index (κ2) is 7.41. The van der Waals surface area contributed by atoms with Gasteiger partial charge in [-0.3, -0.25) is 4.79 Å². The molecule has 2 unspecified atom stereocenters. The van der Waals surface area contributed by atoms with Gasteiger partial charge >= 0.3 is 6.03 Å². The van der Waals surface area contributed by atoms with Crippen molar-refractivity contribution in [2.75, 3.05) is 7.05 Å². The van der Waals surface area contributed by atoms with Gasteiger partial charge in [0.1, 0.15) is 6.04 Å². The molecule has 19 heavy (non-hydrogen) atoms. The molecule has 1 aromatic carbocycles. The van der Waals surface area contributed by atoms with Gasteiger partial charge in [0, 0.05) is 13.1 Å². The Labute approximate surface area is 113 Å². The van der Waals surface area contributed by atoms with Crippen LogP contribution in [0.1, 0.15) is 31.9 Å². The Hall–Kier alpha value is -2.04. The molecule has 0 saturated carbocycles. The van der Waals surface area contributed by atoms with Gasteiger partial charge in [-0.2, -0.15) is 0 Å². The van der Waals surface area contributed by atoms with Crippen molar-refractivity contribution in [3.63, 3.8) is 0 Å². The van der Waals surface area contributed by atoms with Crippen molar-refractivity contribution in [2.24, 2.45) is 0 Å². The fraction of sp³-hybridized carbons (Fsp3) is 0.429. The van der Waals surface area contributed by atoms with Gasteiger partial charge in [-0.25, -0.2) is 4.79 Å². The third-order valence-corrected chi connectivity index (χ3v) is 2.91. The number of urea groups is 1. The van der Waals surface area contributed by atoms with E-state index in [1.807, 2.05) is 44.2 Å².